The Morgan fingerprint density at radius 1 is 1.10 bits per heavy atom. The van der Waals surface area contributed by atoms with Crippen molar-refractivity contribution in [3.05, 3.63) is 35.1 Å². The molecule has 1 aliphatic heterocycles. The second kappa shape index (κ2) is 6.96. The molecule has 5 aliphatic rings. The zero-order valence-corrected chi connectivity index (χ0v) is 18.0. The molecule has 3 amide bonds. The van der Waals surface area contributed by atoms with Crippen LogP contribution in [-0.2, 0) is 4.79 Å². The van der Waals surface area contributed by atoms with Gasteiger partial charge in [-0.1, -0.05) is 19.1 Å². The van der Waals surface area contributed by atoms with Gasteiger partial charge in [-0.25, -0.2) is 9.18 Å². The van der Waals surface area contributed by atoms with Crippen LogP contribution in [0.2, 0.25) is 0 Å². The van der Waals surface area contributed by atoms with E-state index in [4.69, 9.17) is 0 Å². The Hall–Kier alpha value is -2.11. The van der Waals surface area contributed by atoms with Crippen molar-refractivity contribution in [3.63, 3.8) is 0 Å². The number of carbonyl (C=O) groups excluding carboxylic acids is 2. The molecule has 30 heavy (non-hydrogen) atoms. The molecule has 4 aliphatic carbocycles. The van der Waals surface area contributed by atoms with Gasteiger partial charge in [-0.3, -0.25) is 4.79 Å². The highest BCUT2D eigenvalue weighted by Gasteiger charge is 2.56. The summed E-state index contributed by atoms with van der Waals surface area (Å²) in [6, 6.07) is 5.52. The van der Waals surface area contributed by atoms with E-state index in [1.807, 2.05) is 11.0 Å². The van der Waals surface area contributed by atoms with Gasteiger partial charge in [0.1, 0.15) is 5.82 Å². The number of benzene rings is 1. The molecule has 1 heterocycles. The van der Waals surface area contributed by atoms with Crippen LogP contribution < -0.4 is 10.6 Å². The fraction of sp³-hybridized carbons (Fsp3) is 0.667. The minimum absolute atomic E-state index is 0.0777. The smallest absolute Gasteiger partial charge is 0.315 e. The summed E-state index contributed by atoms with van der Waals surface area (Å²) >= 11 is 0. The lowest BCUT2D eigenvalue weighted by molar-refractivity contribution is -0.129. The van der Waals surface area contributed by atoms with Crippen molar-refractivity contribution in [2.45, 2.75) is 82.2 Å². The number of piperidine rings is 1. The van der Waals surface area contributed by atoms with E-state index in [0.29, 0.717) is 19.0 Å². The molecule has 0 aromatic heterocycles. The first-order valence-electron chi connectivity index (χ1n) is 11.4. The molecule has 1 aromatic carbocycles. The van der Waals surface area contributed by atoms with E-state index in [9.17, 15) is 14.0 Å². The van der Waals surface area contributed by atoms with Gasteiger partial charge in [-0.05, 0) is 79.4 Å². The Kier molecular flexibility index (Phi) is 4.60. The van der Waals surface area contributed by atoms with Gasteiger partial charge in [0.2, 0.25) is 5.91 Å². The molecule has 4 atom stereocenters. The standard InChI is InChI=1S/C24H32FN3O2/c1-15(29)28-8-6-18(7-9-28)26-22(30)27-24-12-16-10-23(2,14-24)11-17(13-24)21-19(16)4-3-5-20(21)25/h3-5,16-18H,6-14H2,1-2H3,(H2,26,27,30). The van der Waals surface area contributed by atoms with Crippen LogP contribution in [0.15, 0.2) is 18.2 Å². The summed E-state index contributed by atoms with van der Waals surface area (Å²) in [5.74, 6) is 0.501. The van der Waals surface area contributed by atoms with Crippen LogP contribution >= 0.6 is 0 Å². The number of urea groups is 1. The Morgan fingerprint density at radius 2 is 1.80 bits per heavy atom. The van der Waals surface area contributed by atoms with E-state index >= 15 is 0 Å². The first-order valence-corrected chi connectivity index (χ1v) is 11.4. The van der Waals surface area contributed by atoms with Crippen molar-refractivity contribution in [1.82, 2.24) is 15.5 Å². The minimum atomic E-state index is -0.268. The SMILES string of the molecule is CC(=O)N1CCC(NC(=O)NC23CC4CC(C)(CC(C2)c2c(F)cccc24)C3)CC1. The normalized spacial score (nSPS) is 35.0. The number of rotatable bonds is 2. The van der Waals surface area contributed by atoms with E-state index in [0.717, 1.165) is 50.5 Å². The zero-order valence-electron chi connectivity index (χ0n) is 18.0. The zero-order chi connectivity index (χ0) is 21.1. The van der Waals surface area contributed by atoms with E-state index in [2.05, 4.69) is 23.6 Å². The molecular weight excluding hydrogens is 381 g/mol. The Balaban J connectivity index is 1.32. The Labute approximate surface area is 177 Å². The second-order valence-electron chi connectivity index (χ2n) is 10.6. The number of likely N-dealkylation sites (tertiary alicyclic amines) is 1. The van der Waals surface area contributed by atoms with Gasteiger partial charge < -0.3 is 15.5 Å². The van der Waals surface area contributed by atoms with Crippen molar-refractivity contribution in [3.8, 4) is 0 Å². The average molecular weight is 414 g/mol. The van der Waals surface area contributed by atoms with Crippen LogP contribution in [0.5, 0.6) is 0 Å². The third-order valence-electron chi connectivity index (χ3n) is 8.11. The highest BCUT2D eigenvalue weighted by atomic mass is 19.1. The second-order valence-corrected chi connectivity index (χ2v) is 10.6. The van der Waals surface area contributed by atoms with Crippen LogP contribution in [0.1, 0.15) is 81.8 Å². The number of carbonyl (C=O) groups is 2. The largest absolute Gasteiger partial charge is 0.343 e. The molecule has 3 fully saturated rings. The molecule has 2 saturated carbocycles. The van der Waals surface area contributed by atoms with E-state index < -0.39 is 0 Å². The van der Waals surface area contributed by atoms with Gasteiger partial charge in [-0.15, -0.1) is 0 Å². The molecule has 1 saturated heterocycles. The predicted octanol–water partition coefficient (Wildman–Crippen LogP) is 4.04. The Morgan fingerprint density at radius 3 is 2.53 bits per heavy atom. The fourth-order valence-corrected chi connectivity index (χ4v) is 7.26. The average Bonchev–Trinajstić information content (AvgIpc) is 2.80. The highest BCUT2D eigenvalue weighted by molar-refractivity contribution is 5.76. The third kappa shape index (κ3) is 3.38. The maximum absolute atomic E-state index is 14.8. The lowest BCUT2D eigenvalue weighted by atomic mass is 9.55. The molecule has 5 nitrogen and oxygen atoms in total. The molecule has 0 spiro atoms. The fourth-order valence-electron chi connectivity index (χ4n) is 7.26. The molecule has 1 aromatic rings. The number of hydrogen-bond donors (Lipinski definition) is 2. The molecular formula is C24H32FN3O2. The molecule has 162 valence electrons. The summed E-state index contributed by atoms with van der Waals surface area (Å²) in [6.45, 7) is 5.31. The summed E-state index contributed by atoms with van der Waals surface area (Å²) in [5.41, 5.74) is 1.95. The number of nitrogens with one attached hydrogen (secondary N) is 2. The van der Waals surface area contributed by atoms with Crippen molar-refractivity contribution in [1.29, 1.82) is 0 Å². The third-order valence-corrected chi connectivity index (χ3v) is 8.11. The van der Waals surface area contributed by atoms with E-state index in [1.165, 1.54) is 5.56 Å². The summed E-state index contributed by atoms with van der Waals surface area (Å²) in [5, 5.41) is 6.53. The van der Waals surface area contributed by atoms with Gasteiger partial charge in [0.05, 0.1) is 0 Å². The monoisotopic (exact) mass is 413 g/mol. The maximum atomic E-state index is 14.8. The maximum Gasteiger partial charge on any atom is 0.315 e. The van der Waals surface area contributed by atoms with Gasteiger partial charge >= 0.3 is 6.03 Å². The van der Waals surface area contributed by atoms with Crippen LogP contribution in [-0.4, -0.2) is 41.5 Å². The number of amides is 3. The first-order chi connectivity index (χ1) is 14.3. The summed E-state index contributed by atoms with van der Waals surface area (Å²) < 4.78 is 14.8. The first kappa shape index (κ1) is 19.8. The molecule has 6 rings (SSSR count). The lowest BCUT2D eigenvalue weighted by Gasteiger charge is -2.54. The minimum Gasteiger partial charge on any atom is -0.343 e. The van der Waals surface area contributed by atoms with Crippen LogP contribution in [0, 0.1) is 11.2 Å². The quantitative estimate of drug-likeness (QED) is 0.769. The molecule has 4 bridgehead atoms. The lowest BCUT2D eigenvalue weighted by Crippen LogP contribution is -2.60. The van der Waals surface area contributed by atoms with Gasteiger partial charge in [-0.2, -0.15) is 0 Å². The van der Waals surface area contributed by atoms with Crippen molar-refractivity contribution in [2.75, 3.05) is 13.1 Å². The van der Waals surface area contributed by atoms with Crippen LogP contribution in [0.25, 0.3) is 0 Å². The van der Waals surface area contributed by atoms with Crippen molar-refractivity contribution >= 4 is 11.9 Å². The topological polar surface area (TPSA) is 61.4 Å². The molecule has 4 unspecified atom stereocenters. The number of nitrogens with zero attached hydrogens (tertiary/aromatic N) is 1. The molecule has 6 heteroatoms. The van der Waals surface area contributed by atoms with Crippen molar-refractivity contribution < 1.29 is 14.0 Å². The van der Waals surface area contributed by atoms with Gasteiger partial charge in [0, 0.05) is 31.6 Å². The summed E-state index contributed by atoms with van der Waals surface area (Å²) in [7, 11) is 0. The highest BCUT2D eigenvalue weighted by Crippen LogP contribution is 2.63. The van der Waals surface area contributed by atoms with E-state index in [1.54, 1.807) is 13.0 Å². The van der Waals surface area contributed by atoms with Gasteiger partial charge in [0.15, 0.2) is 0 Å². The van der Waals surface area contributed by atoms with Crippen LogP contribution in [0.3, 0.4) is 0 Å². The van der Waals surface area contributed by atoms with Crippen molar-refractivity contribution in [2.24, 2.45) is 5.41 Å². The van der Waals surface area contributed by atoms with E-state index in [-0.39, 0.29) is 40.7 Å². The number of hydrogen-bond acceptors (Lipinski definition) is 2. The summed E-state index contributed by atoms with van der Waals surface area (Å²) in [6.07, 6.45) is 6.35. The molecule has 2 N–H and O–H groups in total. The summed E-state index contributed by atoms with van der Waals surface area (Å²) in [4.78, 5) is 26.4. The van der Waals surface area contributed by atoms with Crippen LogP contribution in [0.4, 0.5) is 9.18 Å². The van der Waals surface area contributed by atoms with Gasteiger partial charge in [0.25, 0.3) is 0 Å². The predicted molar refractivity (Wildman–Crippen MR) is 113 cm³/mol. The molecule has 0 radical (unpaired) electrons. The Bertz CT molecular complexity index is 881. The number of halogens is 1.